The molecule has 4 N–H and O–H groups in total. The first kappa shape index (κ1) is 11.4. The Bertz CT molecular complexity index is 526. The third-order valence-electron chi connectivity index (χ3n) is 2.17. The number of thiazole rings is 1. The lowest BCUT2D eigenvalue weighted by atomic mass is 10.1. The third kappa shape index (κ3) is 2.73. The van der Waals surface area contributed by atoms with E-state index in [9.17, 15) is 9.90 Å². The summed E-state index contributed by atoms with van der Waals surface area (Å²) in [7, 11) is 0. The lowest BCUT2D eigenvalue weighted by Gasteiger charge is -2.06. The fourth-order valence-corrected chi connectivity index (χ4v) is 1.89. The molecule has 0 bridgehead atoms. The number of nitrogen functional groups attached to an aromatic ring is 1. The molecule has 0 unspecified atom stereocenters. The fraction of sp³-hybridized carbons (Fsp3) is 0.0909. The van der Waals surface area contributed by atoms with Crippen molar-refractivity contribution in [2.24, 2.45) is 0 Å². The van der Waals surface area contributed by atoms with Gasteiger partial charge in [0.1, 0.15) is 10.8 Å². The first-order valence-electron chi connectivity index (χ1n) is 4.92. The minimum Gasteiger partial charge on any atom is -0.508 e. The van der Waals surface area contributed by atoms with Crippen molar-refractivity contribution in [1.29, 1.82) is 0 Å². The molecule has 1 aromatic heterocycles. The molecule has 0 aliphatic carbocycles. The Hall–Kier alpha value is -2.08. The van der Waals surface area contributed by atoms with Gasteiger partial charge in [-0.2, -0.15) is 0 Å². The molecule has 1 heterocycles. The number of hydrogen-bond acceptors (Lipinski definition) is 5. The number of nitrogens with two attached hydrogens (primary N) is 1. The molecule has 0 fully saturated rings. The van der Waals surface area contributed by atoms with Crippen LogP contribution in [-0.2, 0) is 6.54 Å². The number of hydrogen-bond donors (Lipinski definition) is 3. The van der Waals surface area contributed by atoms with Crippen molar-refractivity contribution in [2.45, 2.75) is 6.54 Å². The Morgan fingerprint density at radius 1 is 1.53 bits per heavy atom. The van der Waals surface area contributed by atoms with Gasteiger partial charge in [-0.15, -0.1) is 11.3 Å². The molecule has 17 heavy (non-hydrogen) atoms. The number of nitrogens with zero attached hydrogens (tertiary/aromatic N) is 1. The number of aromatic nitrogens is 1. The van der Waals surface area contributed by atoms with Gasteiger partial charge < -0.3 is 16.2 Å². The van der Waals surface area contributed by atoms with Gasteiger partial charge in [0.15, 0.2) is 0 Å². The molecule has 1 aromatic carbocycles. The molecule has 0 radical (unpaired) electrons. The SMILES string of the molecule is Nc1ccc(O)cc1C(=O)NCc1nccs1. The number of anilines is 1. The number of nitrogens with one attached hydrogen (secondary N) is 1. The van der Waals surface area contributed by atoms with Crippen LogP contribution in [0, 0.1) is 0 Å². The van der Waals surface area contributed by atoms with E-state index < -0.39 is 0 Å². The highest BCUT2D eigenvalue weighted by Gasteiger charge is 2.10. The summed E-state index contributed by atoms with van der Waals surface area (Å²) in [5.74, 6) is -0.313. The van der Waals surface area contributed by atoms with Crippen molar-refractivity contribution in [3.05, 3.63) is 40.3 Å². The lowest BCUT2D eigenvalue weighted by Crippen LogP contribution is -2.23. The second-order valence-electron chi connectivity index (χ2n) is 3.38. The number of aromatic hydroxyl groups is 1. The molecule has 0 saturated heterocycles. The number of carbonyl (C=O) groups excluding carboxylic acids is 1. The molecule has 88 valence electrons. The Morgan fingerprint density at radius 3 is 3.06 bits per heavy atom. The topological polar surface area (TPSA) is 88.2 Å². The summed E-state index contributed by atoms with van der Waals surface area (Å²) >= 11 is 1.46. The molecular weight excluding hydrogens is 238 g/mol. The largest absolute Gasteiger partial charge is 0.508 e. The molecule has 0 atom stereocenters. The Labute approximate surface area is 102 Å². The van der Waals surface area contributed by atoms with E-state index >= 15 is 0 Å². The van der Waals surface area contributed by atoms with Crippen LogP contribution in [0.25, 0.3) is 0 Å². The normalized spacial score (nSPS) is 10.1. The van der Waals surface area contributed by atoms with E-state index in [-0.39, 0.29) is 17.2 Å². The maximum atomic E-state index is 11.8. The van der Waals surface area contributed by atoms with Crippen molar-refractivity contribution < 1.29 is 9.90 Å². The maximum Gasteiger partial charge on any atom is 0.253 e. The van der Waals surface area contributed by atoms with Crippen molar-refractivity contribution in [3.8, 4) is 5.75 Å². The standard InChI is InChI=1S/C11H11N3O2S/c12-9-2-1-7(15)5-8(9)11(16)14-6-10-13-3-4-17-10/h1-5,15H,6,12H2,(H,14,16). The molecule has 2 rings (SSSR count). The van der Waals surface area contributed by atoms with Gasteiger partial charge >= 0.3 is 0 Å². The summed E-state index contributed by atoms with van der Waals surface area (Å²) in [6.45, 7) is 0.353. The quantitative estimate of drug-likeness (QED) is 0.566. The number of benzene rings is 1. The number of amides is 1. The van der Waals surface area contributed by atoms with Gasteiger partial charge in [-0.3, -0.25) is 4.79 Å². The van der Waals surface area contributed by atoms with Crippen molar-refractivity contribution in [2.75, 3.05) is 5.73 Å². The van der Waals surface area contributed by atoms with Crippen LogP contribution >= 0.6 is 11.3 Å². The summed E-state index contributed by atoms with van der Waals surface area (Å²) < 4.78 is 0. The molecule has 2 aromatic rings. The minimum absolute atomic E-state index is 0.0126. The van der Waals surface area contributed by atoms with Crippen LogP contribution in [-0.4, -0.2) is 16.0 Å². The van der Waals surface area contributed by atoms with Gasteiger partial charge in [-0.05, 0) is 18.2 Å². The van der Waals surface area contributed by atoms with Crippen LogP contribution in [0.3, 0.4) is 0 Å². The van der Waals surface area contributed by atoms with Gasteiger partial charge in [-0.25, -0.2) is 4.98 Å². The maximum absolute atomic E-state index is 11.8. The second-order valence-corrected chi connectivity index (χ2v) is 4.36. The molecule has 0 saturated carbocycles. The van der Waals surface area contributed by atoms with Crippen LogP contribution in [0.1, 0.15) is 15.4 Å². The molecule has 6 heteroatoms. The van der Waals surface area contributed by atoms with E-state index in [1.54, 1.807) is 6.20 Å². The van der Waals surface area contributed by atoms with Gasteiger partial charge in [0.05, 0.1) is 12.1 Å². The van der Waals surface area contributed by atoms with Crippen molar-refractivity contribution in [3.63, 3.8) is 0 Å². The van der Waals surface area contributed by atoms with Crippen LogP contribution in [0.15, 0.2) is 29.8 Å². The van der Waals surface area contributed by atoms with Crippen molar-refractivity contribution in [1.82, 2.24) is 10.3 Å². The Kier molecular flexibility index (Phi) is 3.24. The summed E-state index contributed by atoms with van der Waals surface area (Å²) in [6, 6.07) is 4.27. The molecule has 0 aliphatic heterocycles. The highest BCUT2D eigenvalue weighted by Crippen LogP contribution is 2.18. The average molecular weight is 249 g/mol. The van der Waals surface area contributed by atoms with Gasteiger partial charge in [0.2, 0.25) is 0 Å². The van der Waals surface area contributed by atoms with Crippen LogP contribution in [0.4, 0.5) is 5.69 Å². The zero-order valence-electron chi connectivity index (χ0n) is 8.88. The van der Waals surface area contributed by atoms with Crippen LogP contribution in [0.2, 0.25) is 0 Å². The zero-order chi connectivity index (χ0) is 12.3. The van der Waals surface area contributed by atoms with E-state index in [0.717, 1.165) is 5.01 Å². The molecule has 1 amide bonds. The summed E-state index contributed by atoms with van der Waals surface area (Å²) in [5, 5.41) is 14.6. The highest BCUT2D eigenvalue weighted by molar-refractivity contribution is 7.09. The minimum atomic E-state index is -0.325. The van der Waals surface area contributed by atoms with E-state index in [4.69, 9.17) is 5.73 Å². The molecule has 0 aliphatic rings. The molecule has 5 nitrogen and oxygen atoms in total. The zero-order valence-corrected chi connectivity index (χ0v) is 9.70. The molecule has 0 spiro atoms. The van der Waals surface area contributed by atoms with Crippen LogP contribution < -0.4 is 11.1 Å². The number of rotatable bonds is 3. The van der Waals surface area contributed by atoms with Gasteiger partial charge in [0.25, 0.3) is 5.91 Å². The Morgan fingerprint density at radius 2 is 2.35 bits per heavy atom. The average Bonchev–Trinajstić information content (AvgIpc) is 2.82. The second kappa shape index (κ2) is 4.84. The Balaban J connectivity index is 2.07. The number of carbonyl (C=O) groups is 1. The van der Waals surface area contributed by atoms with Crippen LogP contribution in [0.5, 0.6) is 5.75 Å². The summed E-state index contributed by atoms with van der Waals surface area (Å²) in [4.78, 5) is 15.8. The monoisotopic (exact) mass is 249 g/mol. The van der Waals surface area contributed by atoms with E-state index in [2.05, 4.69) is 10.3 Å². The lowest BCUT2D eigenvalue weighted by molar-refractivity contribution is 0.0951. The first-order chi connectivity index (χ1) is 8.16. The number of phenols is 1. The first-order valence-corrected chi connectivity index (χ1v) is 5.80. The van der Waals surface area contributed by atoms with E-state index in [1.807, 2.05) is 5.38 Å². The smallest absolute Gasteiger partial charge is 0.253 e. The molecular formula is C11H11N3O2S. The van der Waals surface area contributed by atoms with E-state index in [0.29, 0.717) is 12.2 Å². The summed E-state index contributed by atoms with van der Waals surface area (Å²) in [6.07, 6.45) is 1.68. The predicted octanol–water partition coefficient (Wildman–Crippen LogP) is 1.36. The summed E-state index contributed by atoms with van der Waals surface area (Å²) in [5.41, 5.74) is 6.25. The van der Waals surface area contributed by atoms with Gasteiger partial charge in [-0.1, -0.05) is 0 Å². The third-order valence-corrected chi connectivity index (χ3v) is 2.94. The van der Waals surface area contributed by atoms with Crippen molar-refractivity contribution >= 4 is 22.9 Å². The van der Waals surface area contributed by atoms with Gasteiger partial charge in [0, 0.05) is 17.3 Å². The predicted molar refractivity (Wildman–Crippen MR) is 65.8 cm³/mol. The highest BCUT2D eigenvalue weighted by atomic mass is 32.1. The fourth-order valence-electron chi connectivity index (χ4n) is 1.33. The number of phenolic OH excluding ortho intramolecular Hbond substituents is 1. The van der Waals surface area contributed by atoms with E-state index in [1.165, 1.54) is 29.5 Å².